The van der Waals surface area contributed by atoms with Gasteiger partial charge in [-0.3, -0.25) is 4.79 Å². The first-order chi connectivity index (χ1) is 11.9. The number of carbonyl (C=O) groups is 1. The summed E-state index contributed by atoms with van der Waals surface area (Å²) < 4.78 is 5.65. The molecule has 2 rings (SSSR count). The van der Waals surface area contributed by atoms with Crippen molar-refractivity contribution in [2.75, 3.05) is 6.61 Å². The number of aryl methyl sites for hydroxylation is 2. The molecule has 2 aromatic carbocycles. The van der Waals surface area contributed by atoms with Crippen molar-refractivity contribution in [2.24, 2.45) is 5.10 Å². The van der Waals surface area contributed by atoms with Crippen molar-refractivity contribution in [1.29, 1.82) is 0 Å². The number of amides is 1. The summed E-state index contributed by atoms with van der Waals surface area (Å²) in [6.07, 6.45) is 1.40. The maximum atomic E-state index is 11.9. The minimum absolute atomic E-state index is 0.121. The lowest BCUT2D eigenvalue weighted by atomic mass is 10.0. The number of phenolic OH excluding ortho intramolecular Hbond substituents is 1. The van der Waals surface area contributed by atoms with Crippen LogP contribution in [0, 0.1) is 13.8 Å². The standard InChI is InChI=1S/C20H24N2O3/c1-13(2)17-8-6-15(4)10-19(17)25-12-20(24)22-21-11-16-7-5-14(3)9-18(16)23/h5-11,13,23H,12H2,1-4H3,(H,22,24). The van der Waals surface area contributed by atoms with Crippen molar-refractivity contribution >= 4 is 12.1 Å². The molecule has 2 N–H and O–H groups in total. The lowest BCUT2D eigenvalue weighted by Crippen LogP contribution is -2.25. The lowest BCUT2D eigenvalue weighted by molar-refractivity contribution is -0.123. The van der Waals surface area contributed by atoms with Gasteiger partial charge < -0.3 is 9.84 Å². The molecule has 0 radical (unpaired) electrons. The smallest absolute Gasteiger partial charge is 0.277 e. The fraction of sp³-hybridized carbons (Fsp3) is 0.300. The van der Waals surface area contributed by atoms with Crippen molar-refractivity contribution in [3.05, 3.63) is 58.7 Å². The number of hydrazone groups is 1. The maximum Gasteiger partial charge on any atom is 0.277 e. The number of carbonyl (C=O) groups excluding carboxylic acids is 1. The second-order valence-electron chi connectivity index (χ2n) is 6.34. The van der Waals surface area contributed by atoms with Crippen molar-refractivity contribution in [1.82, 2.24) is 5.43 Å². The molecular formula is C20H24N2O3. The normalized spacial score (nSPS) is 11.1. The molecule has 2 aromatic rings. The summed E-state index contributed by atoms with van der Waals surface area (Å²) in [6, 6.07) is 11.2. The van der Waals surface area contributed by atoms with Crippen LogP contribution in [0.15, 0.2) is 41.5 Å². The Morgan fingerprint density at radius 1 is 1.20 bits per heavy atom. The number of hydrogen-bond donors (Lipinski definition) is 2. The Kier molecular flexibility index (Phi) is 6.17. The molecule has 0 atom stereocenters. The Bertz CT molecular complexity index is 783. The fourth-order valence-corrected chi connectivity index (χ4v) is 2.36. The summed E-state index contributed by atoms with van der Waals surface area (Å²) in [6.45, 7) is 7.90. The summed E-state index contributed by atoms with van der Waals surface area (Å²) in [7, 11) is 0. The molecule has 0 aromatic heterocycles. The first-order valence-corrected chi connectivity index (χ1v) is 8.21. The molecule has 5 heteroatoms. The number of ether oxygens (including phenoxy) is 1. The van der Waals surface area contributed by atoms with Crippen molar-refractivity contribution in [3.63, 3.8) is 0 Å². The van der Waals surface area contributed by atoms with Crippen LogP contribution in [0.5, 0.6) is 11.5 Å². The fourth-order valence-electron chi connectivity index (χ4n) is 2.36. The van der Waals surface area contributed by atoms with E-state index in [1.807, 2.05) is 38.1 Å². The number of nitrogens with zero attached hydrogens (tertiary/aromatic N) is 1. The van der Waals surface area contributed by atoms with Crippen LogP contribution in [0.1, 0.15) is 42.0 Å². The minimum atomic E-state index is -0.362. The van der Waals surface area contributed by atoms with Crippen LogP contribution in [0.3, 0.4) is 0 Å². The van der Waals surface area contributed by atoms with E-state index in [1.54, 1.807) is 12.1 Å². The molecular weight excluding hydrogens is 316 g/mol. The number of aromatic hydroxyl groups is 1. The van der Waals surface area contributed by atoms with Gasteiger partial charge in [0.25, 0.3) is 5.91 Å². The predicted molar refractivity (Wildman–Crippen MR) is 99.3 cm³/mol. The highest BCUT2D eigenvalue weighted by atomic mass is 16.5. The zero-order chi connectivity index (χ0) is 18.4. The van der Waals surface area contributed by atoms with E-state index in [1.165, 1.54) is 6.21 Å². The van der Waals surface area contributed by atoms with Crippen LogP contribution in [0.25, 0.3) is 0 Å². The second-order valence-corrected chi connectivity index (χ2v) is 6.34. The van der Waals surface area contributed by atoms with Gasteiger partial charge >= 0.3 is 0 Å². The van der Waals surface area contributed by atoms with Gasteiger partial charge in [-0.2, -0.15) is 5.10 Å². The molecule has 0 saturated carbocycles. The molecule has 132 valence electrons. The van der Waals surface area contributed by atoms with E-state index >= 15 is 0 Å². The van der Waals surface area contributed by atoms with Gasteiger partial charge in [-0.15, -0.1) is 0 Å². The van der Waals surface area contributed by atoms with E-state index < -0.39 is 0 Å². The van der Waals surface area contributed by atoms with E-state index in [4.69, 9.17) is 4.74 Å². The average Bonchev–Trinajstić information content (AvgIpc) is 2.54. The third-order valence-corrected chi connectivity index (χ3v) is 3.73. The topological polar surface area (TPSA) is 70.9 Å². The highest BCUT2D eigenvalue weighted by Gasteiger charge is 2.10. The molecule has 0 aliphatic carbocycles. The zero-order valence-corrected chi connectivity index (χ0v) is 15.0. The Balaban J connectivity index is 1.93. The molecule has 0 aliphatic heterocycles. The number of hydrogen-bond acceptors (Lipinski definition) is 4. The maximum absolute atomic E-state index is 11.9. The first-order valence-electron chi connectivity index (χ1n) is 8.21. The first kappa shape index (κ1) is 18.5. The SMILES string of the molecule is Cc1ccc(C=NNC(=O)COc2cc(C)ccc2C(C)C)c(O)c1. The minimum Gasteiger partial charge on any atom is -0.507 e. The van der Waals surface area contributed by atoms with Crippen LogP contribution in [0.4, 0.5) is 0 Å². The lowest BCUT2D eigenvalue weighted by Gasteiger charge is -2.14. The summed E-state index contributed by atoms with van der Waals surface area (Å²) in [5, 5.41) is 13.6. The molecule has 0 bridgehead atoms. The number of phenols is 1. The Morgan fingerprint density at radius 2 is 1.88 bits per heavy atom. The highest BCUT2D eigenvalue weighted by molar-refractivity contribution is 5.85. The van der Waals surface area contributed by atoms with Crippen molar-refractivity contribution in [2.45, 2.75) is 33.6 Å². The van der Waals surface area contributed by atoms with E-state index in [2.05, 4.69) is 24.4 Å². The molecule has 1 amide bonds. The van der Waals surface area contributed by atoms with Crippen LogP contribution in [-0.4, -0.2) is 23.8 Å². The van der Waals surface area contributed by atoms with E-state index in [-0.39, 0.29) is 18.3 Å². The molecule has 0 aliphatic rings. The van der Waals surface area contributed by atoms with Gasteiger partial charge in [0.2, 0.25) is 0 Å². The molecule has 0 fully saturated rings. The van der Waals surface area contributed by atoms with E-state index in [0.717, 1.165) is 16.7 Å². The van der Waals surface area contributed by atoms with Crippen molar-refractivity contribution < 1.29 is 14.6 Å². The molecule has 5 nitrogen and oxygen atoms in total. The van der Waals surface area contributed by atoms with Gasteiger partial charge in [-0.25, -0.2) is 5.43 Å². The van der Waals surface area contributed by atoms with Gasteiger partial charge in [0.1, 0.15) is 11.5 Å². The van der Waals surface area contributed by atoms with Gasteiger partial charge in [0.15, 0.2) is 6.61 Å². The van der Waals surface area contributed by atoms with Gasteiger partial charge in [0, 0.05) is 5.56 Å². The Morgan fingerprint density at radius 3 is 2.56 bits per heavy atom. The van der Waals surface area contributed by atoms with Crippen LogP contribution in [-0.2, 0) is 4.79 Å². The van der Waals surface area contributed by atoms with Gasteiger partial charge in [0.05, 0.1) is 6.21 Å². The number of nitrogens with one attached hydrogen (secondary N) is 1. The summed E-state index contributed by atoms with van der Waals surface area (Å²) >= 11 is 0. The van der Waals surface area contributed by atoms with Crippen LogP contribution < -0.4 is 10.2 Å². The molecule has 25 heavy (non-hydrogen) atoms. The predicted octanol–water partition coefficient (Wildman–Crippen LogP) is 3.66. The summed E-state index contributed by atoms with van der Waals surface area (Å²) in [5.74, 6) is 0.779. The molecule has 0 saturated heterocycles. The number of benzene rings is 2. The van der Waals surface area contributed by atoms with Crippen LogP contribution in [0.2, 0.25) is 0 Å². The monoisotopic (exact) mass is 340 g/mol. The zero-order valence-electron chi connectivity index (χ0n) is 15.0. The quantitative estimate of drug-likeness (QED) is 0.623. The number of rotatable bonds is 6. The average molecular weight is 340 g/mol. The van der Waals surface area contributed by atoms with Gasteiger partial charge in [-0.1, -0.05) is 32.0 Å². The Labute approximate surface area is 148 Å². The van der Waals surface area contributed by atoms with Gasteiger partial charge in [-0.05, 0) is 54.7 Å². The highest BCUT2D eigenvalue weighted by Crippen LogP contribution is 2.27. The molecule has 0 unspecified atom stereocenters. The summed E-state index contributed by atoms with van der Waals surface area (Å²) in [5.41, 5.74) is 6.02. The van der Waals surface area contributed by atoms with E-state index in [9.17, 15) is 9.90 Å². The third kappa shape index (κ3) is 5.35. The largest absolute Gasteiger partial charge is 0.507 e. The van der Waals surface area contributed by atoms with Crippen molar-refractivity contribution in [3.8, 4) is 11.5 Å². The van der Waals surface area contributed by atoms with Crippen LogP contribution >= 0.6 is 0 Å². The molecule has 0 heterocycles. The summed E-state index contributed by atoms with van der Waals surface area (Å²) in [4.78, 5) is 11.9. The molecule has 0 spiro atoms. The van der Waals surface area contributed by atoms with E-state index in [0.29, 0.717) is 17.2 Å². The Hall–Kier alpha value is -2.82. The third-order valence-electron chi connectivity index (χ3n) is 3.73. The second kappa shape index (κ2) is 8.33.